The number of nitrogens with zero attached hydrogens (tertiary/aromatic N) is 1. The Hall–Kier alpha value is -0.570. The highest BCUT2D eigenvalue weighted by molar-refractivity contribution is 6.18. The normalized spacial score (nSPS) is 11.5. The third kappa shape index (κ3) is 2.58. The number of nitro groups is 1. The van der Waals surface area contributed by atoms with Crippen LogP contribution in [0, 0.1) is 10.1 Å². The Morgan fingerprint density at radius 2 is 2.50 bits per heavy atom. The highest BCUT2D eigenvalue weighted by atomic mass is 35.5. The minimum absolute atomic E-state index is 0.0972. The molecule has 4 heteroatoms. The van der Waals surface area contributed by atoms with Crippen LogP contribution in [-0.4, -0.2) is 10.8 Å². The highest BCUT2D eigenvalue weighted by Crippen LogP contribution is 1.92. The maximum atomic E-state index is 9.77. The van der Waals surface area contributed by atoms with E-state index in [4.69, 9.17) is 11.6 Å². The van der Waals surface area contributed by atoms with Gasteiger partial charge in [0, 0.05) is 18.9 Å². The zero-order valence-electron chi connectivity index (χ0n) is 4.43. The van der Waals surface area contributed by atoms with E-state index in [0.717, 1.165) is 0 Å². The van der Waals surface area contributed by atoms with Crippen LogP contribution in [0.25, 0.3) is 0 Å². The molecule has 0 bridgehead atoms. The summed E-state index contributed by atoms with van der Waals surface area (Å²) >= 11 is 5.16. The van der Waals surface area contributed by atoms with Gasteiger partial charge < -0.3 is 0 Å². The predicted molar refractivity (Wildman–Crippen MR) is 31.5 cm³/mol. The zero-order chi connectivity index (χ0) is 6.57. The van der Waals surface area contributed by atoms with Gasteiger partial charge in [-0.05, 0) is 0 Å². The largest absolute Gasteiger partial charge is 0.259 e. The molecular weight excluding hydrogens is 130 g/mol. The quantitative estimate of drug-likeness (QED) is 0.326. The Morgan fingerprint density at radius 1 is 2.00 bits per heavy atom. The summed E-state index contributed by atoms with van der Waals surface area (Å²) < 4.78 is 0. The smallest absolute Gasteiger partial charge is 0.240 e. The van der Waals surface area contributed by atoms with Gasteiger partial charge in [-0.1, -0.05) is 0 Å². The van der Waals surface area contributed by atoms with Crippen LogP contribution in [0.1, 0.15) is 6.92 Å². The van der Waals surface area contributed by atoms with Crippen molar-refractivity contribution in [3.63, 3.8) is 0 Å². The van der Waals surface area contributed by atoms with E-state index in [0.29, 0.717) is 0 Å². The second kappa shape index (κ2) is 3.43. The molecule has 0 N–H and O–H groups in total. The molecule has 0 aromatic heterocycles. The van der Waals surface area contributed by atoms with Crippen LogP contribution >= 0.6 is 11.6 Å². The number of hydrogen-bond acceptors (Lipinski definition) is 2. The Kier molecular flexibility index (Phi) is 3.19. The average molecular weight is 136 g/mol. The van der Waals surface area contributed by atoms with Crippen molar-refractivity contribution in [2.75, 3.05) is 5.88 Å². The van der Waals surface area contributed by atoms with E-state index < -0.39 is 4.92 Å². The molecule has 0 heterocycles. The molecule has 0 saturated heterocycles. The molecule has 0 fully saturated rings. The van der Waals surface area contributed by atoms with Crippen molar-refractivity contribution in [3.8, 4) is 0 Å². The Labute approximate surface area is 52.1 Å². The fourth-order valence-electron chi connectivity index (χ4n) is 0.186. The first-order valence-electron chi connectivity index (χ1n) is 2.05. The maximum absolute atomic E-state index is 9.77. The van der Waals surface area contributed by atoms with Crippen LogP contribution in [0.2, 0.25) is 0 Å². The average Bonchev–Trinajstić information content (AvgIpc) is 1.67. The first kappa shape index (κ1) is 7.43. The van der Waals surface area contributed by atoms with E-state index in [1.54, 1.807) is 0 Å². The molecule has 0 saturated carbocycles. The van der Waals surface area contributed by atoms with Gasteiger partial charge in [0.2, 0.25) is 5.70 Å². The Bertz CT molecular complexity index is 121. The zero-order valence-corrected chi connectivity index (χ0v) is 5.18. The maximum Gasteiger partial charge on any atom is 0.240 e. The van der Waals surface area contributed by atoms with E-state index >= 15 is 0 Å². The molecule has 0 rings (SSSR count). The predicted octanol–water partition coefficient (Wildman–Crippen LogP) is 1.41. The van der Waals surface area contributed by atoms with E-state index in [-0.39, 0.29) is 11.6 Å². The van der Waals surface area contributed by atoms with Gasteiger partial charge in [0.1, 0.15) is 0 Å². The Balaban J connectivity index is 3.80. The molecule has 8 heavy (non-hydrogen) atoms. The Morgan fingerprint density at radius 3 is 2.62 bits per heavy atom. The molecule has 0 radical (unpaired) electrons. The van der Waals surface area contributed by atoms with Crippen LogP contribution in [0.3, 0.4) is 0 Å². The molecule has 0 amide bonds. The first-order valence-corrected chi connectivity index (χ1v) is 2.59. The number of halogens is 1. The van der Waals surface area contributed by atoms with E-state index in [1.165, 1.54) is 13.0 Å². The van der Waals surface area contributed by atoms with E-state index in [9.17, 15) is 10.1 Å². The summed E-state index contributed by atoms with van der Waals surface area (Å²) in [4.78, 5) is 9.30. The third-order valence-electron chi connectivity index (χ3n) is 0.661. The monoisotopic (exact) mass is 135 g/mol. The second-order valence-electron chi connectivity index (χ2n) is 1.26. The van der Waals surface area contributed by atoms with Crippen LogP contribution in [0.5, 0.6) is 0 Å². The lowest BCUT2D eigenvalue weighted by Gasteiger charge is -1.83. The summed E-state index contributed by atoms with van der Waals surface area (Å²) in [5, 5.41) is 9.77. The molecule has 46 valence electrons. The summed E-state index contributed by atoms with van der Waals surface area (Å²) in [5.41, 5.74) is 0.0972. The molecule has 0 unspecified atom stereocenters. The molecule has 0 atom stereocenters. The van der Waals surface area contributed by atoms with Gasteiger partial charge >= 0.3 is 0 Å². The standard InChI is InChI=1S/C4H6ClNO2/c1-4(2-3-5)6(7)8/h2H,3H2,1H3/b4-2+. The summed E-state index contributed by atoms with van der Waals surface area (Å²) in [6, 6.07) is 0. The number of rotatable bonds is 2. The highest BCUT2D eigenvalue weighted by Gasteiger charge is 1.97. The number of alkyl halides is 1. The minimum Gasteiger partial charge on any atom is -0.259 e. The number of hydrogen-bond donors (Lipinski definition) is 0. The third-order valence-corrected chi connectivity index (χ3v) is 0.815. The molecular formula is C4H6ClNO2. The molecule has 0 aromatic rings. The van der Waals surface area contributed by atoms with Crippen molar-refractivity contribution in [1.82, 2.24) is 0 Å². The van der Waals surface area contributed by atoms with Gasteiger partial charge in [0.05, 0.1) is 4.92 Å². The van der Waals surface area contributed by atoms with Crippen molar-refractivity contribution in [2.45, 2.75) is 6.92 Å². The van der Waals surface area contributed by atoms with Crippen LogP contribution in [0.15, 0.2) is 11.8 Å². The van der Waals surface area contributed by atoms with Gasteiger partial charge in [0.15, 0.2) is 0 Å². The molecule has 0 aromatic carbocycles. The van der Waals surface area contributed by atoms with Crippen LogP contribution in [0.4, 0.5) is 0 Å². The fraction of sp³-hybridized carbons (Fsp3) is 0.500. The molecule has 3 nitrogen and oxygen atoms in total. The molecule has 0 aliphatic carbocycles. The van der Waals surface area contributed by atoms with Crippen molar-refractivity contribution < 1.29 is 4.92 Å². The number of allylic oxidation sites excluding steroid dienone is 2. The van der Waals surface area contributed by atoms with Gasteiger partial charge in [-0.2, -0.15) is 0 Å². The van der Waals surface area contributed by atoms with Gasteiger partial charge in [-0.15, -0.1) is 11.6 Å². The SMILES string of the molecule is C/C(=C\CCl)[N+](=O)[O-]. The first-order chi connectivity index (χ1) is 3.68. The van der Waals surface area contributed by atoms with Gasteiger partial charge in [0.25, 0.3) is 0 Å². The summed E-state index contributed by atoms with van der Waals surface area (Å²) in [7, 11) is 0. The van der Waals surface area contributed by atoms with Crippen LogP contribution < -0.4 is 0 Å². The van der Waals surface area contributed by atoms with E-state index in [1.807, 2.05) is 0 Å². The van der Waals surface area contributed by atoms with Crippen molar-refractivity contribution >= 4 is 11.6 Å². The van der Waals surface area contributed by atoms with Gasteiger partial charge in [-0.25, -0.2) is 0 Å². The molecule has 0 aliphatic rings. The van der Waals surface area contributed by atoms with Crippen molar-refractivity contribution in [3.05, 3.63) is 21.9 Å². The summed E-state index contributed by atoms with van der Waals surface area (Å²) in [6.45, 7) is 1.41. The van der Waals surface area contributed by atoms with Crippen molar-refractivity contribution in [2.24, 2.45) is 0 Å². The molecule has 0 aliphatic heterocycles. The summed E-state index contributed by atoms with van der Waals surface area (Å²) in [5.74, 6) is 0.201. The summed E-state index contributed by atoms with van der Waals surface area (Å²) in [6.07, 6.45) is 1.35. The van der Waals surface area contributed by atoms with Gasteiger partial charge in [-0.3, -0.25) is 10.1 Å². The second-order valence-corrected chi connectivity index (χ2v) is 1.57. The van der Waals surface area contributed by atoms with Crippen LogP contribution in [-0.2, 0) is 0 Å². The fourth-order valence-corrected chi connectivity index (χ4v) is 0.410. The lowest BCUT2D eigenvalue weighted by atomic mass is 10.5. The van der Waals surface area contributed by atoms with E-state index in [2.05, 4.69) is 0 Å². The van der Waals surface area contributed by atoms with Crippen molar-refractivity contribution in [1.29, 1.82) is 0 Å². The topological polar surface area (TPSA) is 43.1 Å². The molecule has 0 spiro atoms. The lowest BCUT2D eigenvalue weighted by Crippen LogP contribution is -1.92. The lowest BCUT2D eigenvalue weighted by molar-refractivity contribution is -0.424. The minimum atomic E-state index is -0.470.